The van der Waals surface area contributed by atoms with E-state index in [-0.39, 0.29) is 34.0 Å². The maximum Gasteiger partial charge on any atom is 0.225 e. The third kappa shape index (κ3) is 5.95. The van der Waals surface area contributed by atoms with Crippen molar-refractivity contribution in [1.29, 1.82) is 5.26 Å². The highest BCUT2D eigenvalue weighted by Gasteiger charge is 2.30. The minimum atomic E-state index is -3.30. The van der Waals surface area contributed by atoms with Crippen molar-refractivity contribution in [2.45, 2.75) is 50.6 Å². The van der Waals surface area contributed by atoms with Gasteiger partial charge in [-0.05, 0) is 50.7 Å². The van der Waals surface area contributed by atoms with E-state index in [0.717, 1.165) is 12.8 Å². The normalized spacial score (nSPS) is 22.1. The average Bonchev–Trinajstić information content (AvgIpc) is 3.27. The average molecular weight is 607 g/mol. The van der Waals surface area contributed by atoms with Gasteiger partial charge in [0.05, 0.1) is 39.8 Å². The molecule has 1 aliphatic heterocycles. The predicted molar refractivity (Wildman–Crippen MR) is 153 cm³/mol. The Balaban J connectivity index is 1.50. The van der Waals surface area contributed by atoms with Gasteiger partial charge in [-0.15, -0.1) is 0 Å². The zero-order valence-corrected chi connectivity index (χ0v) is 24.1. The molecule has 212 valence electrons. The number of aromatic nitrogens is 4. The molecule has 0 bridgehead atoms. The van der Waals surface area contributed by atoms with E-state index < -0.39 is 10.0 Å². The number of carbonyl (C=O) groups is 1. The molecule has 1 saturated carbocycles. The lowest BCUT2D eigenvalue weighted by Gasteiger charge is -2.31. The first kappa shape index (κ1) is 28.4. The number of rotatable bonds is 7. The maximum atomic E-state index is 12.1. The number of amides is 1. The Bertz CT molecular complexity index is 1570. The van der Waals surface area contributed by atoms with E-state index in [0.29, 0.717) is 73.1 Å². The van der Waals surface area contributed by atoms with E-state index in [1.807, 2.05) is 10.6 Å². The summed E-state index contributed by atoms with van der Waals surface area (Å²) in [5.74, 6) is 0.327. The fourth-order valence-electron chi connectivity index (χ4n) is 5.43. The first-order valence-electron chi connectivity index (χ1n) is 13.0. The highest BCUT2D eigenvalue weighted by Crippen LogP contribution is 2.39. The Morgan fingerprint density at radius 3 is 2.48 bits per heavy atom. The summed E-state index contributed by atoms with van der Waals surface area (Å²) in [6.07, 6.45) is 6.97. The van der Waals surface area contributed by atoms with Gasteiger partial charge < -0.3 is 16.4 Å². The second-order valence-corrected chi connectivity index (χ2v) is 13.1. The van der Waals surface area contributed by atoms with Crippen LogP contribution >= 0.6 is 23.2 Å². The van der Waals surface area contributed by atoms with Gasteiger partial charge in [-0.2, -0.15) is 10.2 Å². The number of nitrogens with zero attached hydrogens (tertiary/aromatic N) is 6. The Morgan fingerprint density at radius 1 is 1.15 bits per heavy atom. The van der Waals surface area contributed by atoms with E-state index in [2.05, 4.69) is 15.6 Å². The first-order chi connectivity index (χ1) is 19.0. The smallest absolute Gasteiger partial charge is 0.225 e. The Morgan fingerprint density at radius 2 is 1.85 bits per heavy atom. The van der Waals surface area contributed by atoms with Gasteiger partial charge in [0.15, 0.2) is 5.65 Å². The van der Waals surface area contributed by atoms with Gasteiger partial charge in [0.1, 0.15) is 5.52 Å². The molecule has 0 radical (unpaired) electrons. The molecule has 1 aromatic carbocycles. The number of imidazole rings is 1. The number of nitrogens with two attached hydrogens (primary N) is 1. The molecule has 1 atom stereocenters. The number of hydrogen-bond donors (Lipinski definition) is 3. The second kappa shape index (κ2) is 11.4. The minimum Gasteiger partial charge on any atom is -0.369 e. The number of fused-ring (bicyclic) bond motifs is 1. The number of sulfonamides is 1. The lowest BCUT2D eigenvalue weighted by molar-refractivity contribution is -0.122. The summed E-state index contributed by atoms with van der Waals surface area (Å²) in [5.41, 5.74) is 7.40. The summed E-state index contributed by atoms with van der Waals surface area (Å²) >= 11 is 12.9. The number of halogens is 2. The van der Waals surface area contributed by atoms with Crippen molar-refractivity contribution < 1.29 is 13.2 Å². The lowest BCUT2D eigenvalue weighted by atomic mass is 9.85. The molecule has 15 heteroatoms. The number of anilines is 3. The monoisotopic (exact) mass is 605 g/mol. The molecular weight excluding hydrogens is 577 g/mol. The molecule has 0 unspecified atom stereocenters. The van der Waals surface area contributed by atoms with Crippen LogP contribution in [-0.2, 0) is 14.8 Å². The van der Waals surface area contributed by atoms with Crippen molar-refractivity contribution in [1.82, 2.24) is 23.8 Å². The van der Waals surface area contributed by atoms with Crippen LogP contribution in [0.2, 0.25) is 10.0 Å². The van der Waals surface area contributed by atoms with Crippen LogP contribution in [0.4, 0.5) is 17.6 Å². The van der Waals surface area contributed by atoms with Gasteiger partial charge in [0, 0.05) is 31.1 Å². The van der Waals surface area contributed by atoms with E-state index in [1.54, 1.807) is 6.20 Å². The molecule has 12 nitrogen and oxygen atoms in total. The van der Waals surface area contributed by atoms with Gasteiger partial charge in [-0.1, -0.05) is 23.2 Å². The molecular formula is C25H29Cl2N9O3S. The number of primary amides is 1. The number of hydrogen-bond acceptors (Lipinski definition) is 9. The largest absolute Gasteiger partial charge is 0.369 e. The van der Waals surface area contributed by atoms with Crippen molar-refractivity contribution in [3.05, 3.63) is 33.9 Å². The highest BCUT2D eigenvalue weighted by molar-refractivity contribution is 7.88. The minimum absolute atomic E-state index is 0.0443. The molecule has 2 aromatic heterocycles. The van der Waals surface area contributed by atoms with E-state index in [9.17, 15) is 18.5 Å². The van der Waals surface area contributed by atoms with Crippen molar-refractivity contribution in [2.24, 2.45) is 11.7 Å². The van der Waals surface area contributed by atoms with Crippen LogP contribution in [-0.4, -0.2) is 63.5 Å². The van der Waals surface area contributed by atoms with Gasteiger partial charge in [0.25, 0.3) is 0 Å². The fraction of sp³-hybridized carbons (Fsp3) is 0.480. The second-order valence-electron chi connectivity index (χ2n) is 10.3. The Kier molecular flexibility index (Phi) is 8.05. The molecule has 2 fully saturated rings. The molecule has 1 aliphatic carbocycles. The number of nitriles is 1. The van der Waals surface area contributed by atoms with Crippen LogP contribution in [0.1, 0.15) is 50.1 Å². The molecule has 40 heavy (non-hydrogen) atoms. The third-order valence-electron chi connectivity index (χ3n) is 7.49. The molecule has 3 heterocycles. The molecule has 2 aliphatic rings. The van der Waals surface area contributed by atoms with Crippen LogP contribution in [0.3, 0.4) is 0 Å². The summed E-state index contributed by atoms with van der Waals surface area (Å²) in [6.45, 7) is 0.826. The highest BCUT2D eigenvalue weighted by atomic mass is 35.5. The van der Waals surface area contributed by atoms with Crippen LogP contribution < -0.4 is 16.4 Å². The lowest BCUT2D eigenvalue weighted by Crippen LogP contribution is -2.44. The number of carbonyl (C=O) groups excluding carboxylic acids is 1. The number of benzene rings is 1. The summed E-state index contributed by atoms with van der Waals surface area (Å²) in [4.78, 5) is 25.7. The molecule has 1 saturated heterocycles. The number of piperidine rings is 1. The summed E-state index contributed by atoms with van der Waals surface area (Å²) in [7, 11) is -3.30. The van der Waals surface area contributed by atoms with Crippen molar-refractivity contribution in [3.63, 3.8) is 0 Å². The van der Waals surface area contributed by atoms with Crippen molar-refractivity contribution in [2.75, 3.05) is 30.0 Å². The van der Waals surface area contributed by atoms with Gasteiger partial charge >= 0.3 is 0 Å². The quantitative estimate of drug-likeness (QED) is 0.362. The predicted octanol–water partition coefficient (Wildman–Crippen LogP) is 3.80. The maximum absolute atomic E-state index is 12.1. The van der Waals surface area contributed by atoms with Gasteiger partial charge in [-0.25, -0.2) is 22.7 Å². The fourth-order valence-corrected chi connectivity index (χ4v) is 6.92. The first-order valence-corrected chi connectivity index (χ1v) is 15.6. The zero-order valence-electron chi connectivity index (χ0n) is 21.8. The molecule has 0 spiro atoms. The Labute approximate surface area is 241 Å². The van der Waals surface area contributed by atoms with Crippen molar-refractivity contribution in [3.8, 4) is 6.07 Å². The van der Waals surface area contributed by atoms with Crippen LogP contribution in [0, 0.1) is 17.2 Å². The molecule has 4 N–H and O–H groups in total. The van der Waals surface area contributed by atoms with Crippen LogP contribution in [0.15, 0.2) is 18.3 Å². The van der Waals surface area contributed by atoms with Gasteiger partial charge in [0.2, 0.25) is 27.8 Å². The Hall–Kier alpha value is -3.18. The van der Waals surface area contributed by atoms with E-state index >= 15 is 0 Å². The molecule has 1 amide bonds. The van der Waals surface area contributed by atoms with Crippen molar-refractivity contribution >= 4 is 67.9 Å². The topological polar surface area (TPSA) is 172 Å². The summed E-state index contributed by atoms with van der Waals surface area (Å²) in [6, 6.07) is 4.89. The molecule has 5 rings (SSSR count). The van der Waals surface area contributed by atoms with E-state index in [4.69, 9.17) is 38.9 Å². The van der Waals surface area contributed by atoms with Crippen LogP contribution in [0.25, 0.3) is 11.2 Å². The zero-order chi connectivity index (χ0) is 28.6. The standard InChI is InChI=1S/C25H29Cl2N9O3S/c1-40(38,39)35-8-2-3-16(13-35)31-24-30-12-20-23(34-24)36(17-6-4-15(5-7-17)22(29)37)25(32-20)33-21-18(26)9-14(11-28)10-19(21)27/h9-10,12,15-17H,2-8,13H2,1H3,(H2,29,37)(H,32,33)(H,30,31,34)/t15-,16-,17+/m1/s1. The third-order valence-corrected chi connectivity index (χ3v) is 9.36. The summed E-state index contributed by atoms with van der Waals surface area (Å²) in [5, 5.41) is 16.3. The molecule has 3 aromatic rings. The van der Waals surface area contributed by atoms with Gasteiger partial charge in [-0.3, -0.25) is 9.36 Å². The van der Waals surface area contributed by atoms with Crippen LogP contribution in [0.5, 0.6) is 0 Å². The van der Waals surface area contributed by atoms with E-state index in [1.165, 1.54) is 22.7 Å². The SMILES string of the molecule is CS(=O)(=O)N1CCC[C@@H](Nc2ncc3nc(Nc4c(Cl)cc(C#N)cc4Cl)n([C@H]4CC[C@@H](C(N)=O)CC4)c3n2)C1. The number of nitrogens with one attached hydrogen (secondary N) is 2. The summed E-state index contributed by atoms with van der Waals surface area (Å²) < 4.78 is 27.6.